The predicted octanol–water partition coefficient (Wildman–Crippen LogP) is 4.01. The normalized spacial score (nSPS) is 22.3. The molecular formula is C16H22N2OS. The molecule has 0 aliphatic heterocycles. The highest BCUT2D eigenvalue weighted by Crippen LogP contribution is 2.53. The van der Waals surface area contributed by atoms with Crippen molar-refractivity contribution in [1.82, 2.24) is 0 Å². The van der Waals surface area contributed by atoms with Crippen LogP contribution in [0.15, 0.2) is 0 Å². The SMILES string of the molecule is CC(=O)c1sc(NC(C2CC2)C2CC2)c(C2CC2)c1N. The van der Waals surface area contributed by atoms with Gasteiger partial charge in [-0.25, -0.2) is 0 Å². The van der Waals surface area contributed by atoms with Gasteiger partial charge >= 0.3 is 0 Å². The van der Waals surface area contributed by atoms with Crippen LogP contribution >= 0.6 is 11.3 Å². The zero-order valence-corrected chi connectivity index (χ0v) is 12.8. The molecule has 4 rings (SSSR count). The molecule has 0 aromatic carbocycles. The molecule has 1 aromatic heterocycles. The summed E-state index contributed by atoms with van der Waals surface area (Å²) in [5.41, 5.74) is 8.27. The molecular weight excluding hydrogens is 268 g/mol. The van der Waals surface area contributed by atoms with Gasteiger partial charge < -0.3 is 11.1 Å². The second-order valence-corrected chi connectivity index (χ2v) is 7.78. The number of ketones is 1. The fourth-order valence-electron chi connectivity index (χ4n) is 3.29. The van der Waals surface area contributed by atoms with Gasteiger partial charge in [0.15, 0.2) is 5.78 Å². The van der Waals surface area contributed by atoms with E-state index in [4.69, 9.17) is 5.73 Å². The number of nitrogen functional groups attached to an aromatic ring is 1. The van der Waals surface area contributed by atoms with E-state index in [2.05, 4.69) is 5.32 Å². The molecule has 1 heterocycles. The van der Waals surface area contributed by atoms with Crippen LogP contribution in [0.5, 0.6) is 0 Å². The third-order valence-corrected chi connectivity index (χ3v) is 6.10. The molecule has 3 fully saturated rings. The van der Waals surface area contributed by atoms with E-state index in [1.165, 1.54) is 49.1 Å². The maximum atomic E-state index is 11.8. The summed E-state index contributed by atoms with van der Waals surface area (Å²) in [4.78, 5) is 12.5. The Balaban J connectivity index is 1.65. The highest BCUT2D eigenvalue weighted by atomic mass is 32.1. The largest absolute Gasteiger partial charge is 0.397 e. The number of Topliss-reactive ketones (excluding diaryl/α,β-unsaturated/α-hetero) is 1. The first kappa shape index (κ1) is 12.7. The highest BCUT2D eigenvalue weighted by molar-refractivity contribution is 7.18. The Morgan fingerprint density at radius 2 is 1.80 bits per heavy atom. The molecule has 3 aliphatic rings. The van der Waals surface area contributed by atoms with Crippen LogP contribution in [-0.2, 0) is 0 Å². The maximum absolute atomic E-state index is 11.8. The fourth-order valence-corrected chi connectivity index (χ4v) is 4.43. The summed E-state index contributed by atoms with van der Waals surface area (Å²) in [6.45, 7) is 1.63. The Morgan fingerprint density at radius 1 is 1.20 bits per heavy atom. The van der Waals surface area contributed by atoms with E-state index in [-0.39, 0.29) is 5.78 Å². The summed E-state index contributed by atoms with van der Waals surface area (Å²) in [7, 11) is 0. The average molecular weight is 290 g/mol. The van der Waals surface area contributed by atoms with Crippen molar-refractivity contribution in [3.63, 3.8) is 0 Å². The second kappa shape index (κ2) is 4.48. The van der Waals surface area contributed by atoms with Crippen LogP contribution in [-0.4, -0.2) is 11.8 Å². The molecule has 0 atom stereocenters. The zero-order chi connectivity index (χ0) is 13.9. The van der Waals surface area contributed by atoms with E-state index >= 15 is 0 Å². The number of carbonyl (C=O) groups excluding carboxylic acids is 1. The van der Waals surface area contributed by atoms with E-state index in [1.54, 1.807) is 18.3 Å². The monoisotopic (exact) mass is 290 g/mol. The van der Waals surface area contributed by atoms with Gasteiger partial charge in [0.05, 0.1) is 15.6 Å². The third kappa shape index (κ3) is 2.24. The first-order valence-electron chi connectivity index (χ1n) is 7.84. The lowest BCUT2D eigenvalue weighted by Gasteiger charge is -2.19. The molecule has 20 heavy (non-hydrogen) atoms. The van der Waals surface area contributed by atoms with Gasteiger partial charge in [0.2, 0.25) is 0 Å². The summed E-state index contributed by atoms with van der Waals surface area (Å²) in [6, 6.07) is 0.630. The van der Waals surface area contributed by atoms with Gasteiger partial charge in [-0.3, -0.25) is 4.79 Å². The van der Waals surface area contributed by atoms with Crippen LogP contribution in [0.2, 0.25) is 0 Å². The molecule has 0 unspecified atom stereocenters. The van der Waals surface area contributed by atoms with Gasteiger partial charge in [-0.1, -0.05) is 0 Å². The van der Waals surface area contributed by atoms with Gasteiger partial charge in [0.1, 0.15) is 0 Å². The van der Waals surface area contributed by atoms with E-state index < -0.39 is 0 Å². The highest BCUT2D eigenvalue weighted by Gasteiger charge is 2.43. The number of thiophene rings is 1. The van der Waals surface area contributed by atoms with E-state index in [0.29, 0.717) is 12.0 Å². The quantitative estimate of drug-likeness (QED) is 0.778. The van der Waals surface area contributed by atoms with Crippen LogP contribution in [0.1, 0.15) is 66.6 Å². The second-order valence-electron chi connectivity index (χ2n) is 6.76. The maximum Gasteiger partial charge on any atom is 0.171 e. The fraction of sp³-hybridized carbons (Fsp3) is 0.688. The summed E-state index contributed by atoms with van der Waals surface area (Å²) >= 11 is 1.60. The smallest absolute Gasteiger partial charge is 0.171 e. The lowest BCUT2D eigenvalue weighted by atomic mass is 10.1. The van der Waals surface area contributed by atoms with Crippen molar-refractivity contribution in [2.24, 2.45) is 11.8 Å². The average Bonchev–Trinajstić information content (AvgIpc) is 3.24. The Hall–Kier alpha value is -1.03. The van der Waals surface area contributed by atoms with Crippen molar-refractivity contribution < 1.29 is 4.79 Å². The lowest BCUT2D eigenvalue weighted by molar-refractivity contribution is 0.102. The minimum Gasteiger partial charge on any atom is -0.397 e. The molecule has 3 N–H and O–H groups in total. The van der Waals surface area contributed by atoms with Crippen LogP contribution in [0, 0.1) is 11.8 Å². The molecule has 108 valence electrons. The first-order valence-corrected chi connectivity index (χ1v) is 8.66. The Labute approximate surface area is 123 Å². The number of anilines is 2. The van der Waals surface area contributed by atoms with Crippen molar-refractivity contribution in [1.29, 1.82) is 0 Å². The molecule has 0 radical (unpaired) electrons. The summed E-state index contributed by atoms with van der Waals surface area (Å²) in [5, 5.41) is 5.00. The van der Waals surface area contributed by atoms with Crippen molar-refractivity contribution >= 4 is 27.8 Å². The van der Waals surface area contributed by atoms with E-state index in [0.717, 1.165) is 22.4 Å². The first-order chi connectivity index (χ1) is 9.65. The Morgan fingerprint density at radius 3 is 2.25 bits per heavy atom. The van der Waals surface area contributed by atoms with E-state index in [1.807, 2.05) is 0 Å². The summed E-state index contributed by atoms with van der Waals surface area (Å²) in [6.07, 6.45) is 7.93. The van der Waals surface area contributed by atoms with Crippen molar-refractivity contribution in [2.75, 3.05) is 11.1 Å². The topological polar surface area (TPSA) is 55.1 Å². The minimum atomic E-state index is 0.108. The van der Waals surface area contributed by atoms with Crippen LogP contribution < -0.4 is 11.1 Å². The van der Waals surface area contributed by atoms with Gasteiger partial charge in [-0.15, -0.1) is 11.3 Å². The van der Waals surface area contributed by atoms with Gasteiger partial charge in [0.25, 0.3) is 0 Å². The third-order valence-electron chi connectivity index (χ3n) is 4.85. The van der Waals surface area contributed by atoms with Gasteiger partial charge in [-0.05, 0) is 56.3 Å². The molecule has 0 spiro atoms. The van der Waals surface area contributed by atoms with Crippen LogP contribution in [0.4, 0.5) is 10.7 Å². The van der Waals surface area contributed by atoms with Crippen molar-refractivity contribution in [3.8, 4) is 0 Å². The standard InChI is InChI=1S/C16H22N2OS/c1-8(19)15-13(17)12(9-2-3-9)16(20-15)18-14(10-4-5-10)11-6-7-11/h9-11,14,18H,2-7,17H2,1H3. The van der Waals surface area contributed by atoms with Crippen LogP contribution in [0.3, 0.4) is 0 Å². The van der Waals surface area contributed by atoms with E-state index in [9.17, 15) is 4.79 Å². The molecule has 3 aliphatic carbocycles. The number of nitrogens with one attached hydrogen (secondary N) is 1. The number of nitrogens with two attached hydrogens (primary N) is 1. The van der Waals surface area contributed by atoms with Gasteiger partial charge in [-0.2, -0.15) is 0 Å². The Kier molecular flexibility index (Phi) is 2.85. The number of rotatable bonds is 6. The molecule has 3 nitrogen and oxygen atoms in total. The zero-order valence-electron chi connectivity index (χ0n) is 11.9. The molecule has 1 aromatic rings. The van der Waals surface area contributed by atoms with Crippen molar-refractivity contribution in [2.45, 2.75) is 57.4 Å². The number of hydrogen-bond donors (Lipinski definition) is 2. The number of carbonyl (C=O) groups is 1. The van der Waals surface area contributed by atoms with Crippen molar-refractivity contribution in [3.05, 3.63) is 10.4 Å². The van der Waals surface area contributed by atoms with Gasteiger partial charge in [0, 0.05) is 18.5 Å². The summed E-state index contributed by atoms with van der Waals surface area (Å²) < 4.78 is 0. The summed E-state index contributed by atoms with van der Waals surface area (Å²) in [5.74, 6) is 2.43. The molecule has 4 heteroatoms. The number of hydrogen-bond acceptors (Lipinski definition) is 4. The molecule has 0 saturated heterocycles. The predicted molar refractivity (Wildman–Crippen MR) is 83.6 cm³/mol. The van der Waals surface area contributed by atoms with Crippen LogP contribution in [0.25, 0.3) is 0 Å². The minimum absolute atomic E-state index is 0.108. The molecule has 0 amide bonds. The lowest BCUT2D eigenvalue weighted by Crippen LogP contribution is -2.24. The molecule has 0 bridgehead atoms. The molecule has 3 saturated carbocycles. The Bertz CT molecular complexity index is 541.